The Bertz CT molecular complexity index is 749. The van der Waals surface area contributed by atoms with E-state index >= 15 is 0 Å². The second kappa shape index (κ2) is 5.62. The Morgan fingerprint density at radius 1 is 1.48 bits per heavy atom. The summed E-state index contributed by atoms with van der Waals surface area (Å²) in [5.41, 5.74) is 11.5. The predicted molar refractivity (Wildman–Crippen MR) is 84.1 cm³/mol. The Balaban J connectivity index is 2.29. The molecule has 2 aromatic rings. The molecule has 23 heavy (non-hydrogen) atoms. The number of fused-ring (bicyclic) bond motifs is 1. The van der Waals surface area contributed by atoms with Gasteiger partial charge in [-0.15, -0.1) is 0 Å². The van der Waals surface area contributed by atoms with Crippen molar-refractivity contribution < 1.29 is 9.84 Å². The van der Waals surface area contributed by atoms with Crippen LogP contribution in [0.15, 0.2) is 6.33 Å². The monoisotopic (exact) mass is 321 g/mol. The number of aliphatic hydroxyl groups excluding tert-OH is 1. The fourth-order valence-electron chi connectivity index (χ4n) is 2.85. The van der Waals surface area contributed by atoms with E-state index in [-0.39, 0.29) is 17.8 Å². The Morgan fingerprint density at radius 2 is 2.22 bits per heavy atom. The highest BCUT2D eigenvalue weighted by molar-refractivity contribution is 6.15. The maximum Gasteiger partial charge on any atom is 0.150 e. The van der Waals surface area contributed by atoms with E-state index in [2.05, 4.69) is 20.8 Å². The molecule has 3 rings (SSSR count). The van der Waals surface area contributed by atoms with Crippen LogP contribution < -0.4 is 28.3 Å². The van der Waals surface area contributed by atoms with Gasteiger partial charge in [-0.2, -0.15) is 0 Å². The molecule has 3 heterocycles. The van der Waals surface area contributed by atoms with Crippen molar-refractivity contribution in [1.82, 2.24) is 20.0 Å². The lowest BCUT2D eigenvalue weighted by atomic mass is 10.2. The third-order valence-corrected chi connectivity index (χ3v) is 3.99. The van der Waals surface area contributed by atoms with Gasteiger partial charge in [-0.05, 0) is 6.92 Å². The Kier molecular flexibility index (Phi) is 3.77. The van der Waals surface area contributed by atoms with Crippen LogP contribution in [0.1, 0.15) is 25.1 Å². The average molecular weight is 321 g/mol. The second-order valence-electron chi connectivity index (χ2n) is 5.31. The normalized spacial score (nSPS) is 24.1. The van der Waals surface area contributed by atoms with Gasteiger partial charge in [0.2, 0.25) is 0 Å². The topological polar surface area (TPSA) is 186 Å². The number of nitrogens with two attached hydrogens (primary N) is 3. The average Bonchev–Trinajstić information content (AvgIpc) is 3.04. The predicted octanol–water partition coefficient (Wildman–Crippen LogP) is -1.24. The minimum absolute atomic E-state index is 0.102. The number of rotatable bonds is 3. The first-order valence-electron chi connectivity index (χ1n) is 6.99. The van der Waals surface area contributed by atoms with Gasteiger partial charge in [-0.25, -0.2) is 21.7 Å². The van der Waals surface area contributed by atoms with Gasteiger partial charge in [-0.1, -0.05) is 0 Å². The highest BCUT2D eigenvalue weighted by Gasteiger charge is 2.36. The summed E-state index contributed by atoms with van der Waals surface area (Å²) in [7, 11) is 0. The van der Waals surface area contributed by atoms with Crippen LogP contribution in [0.3, 0.4) is 0 Å². The third kappa shape index (κ3) is 2.26. The van der Waals surface area contributed by atoms with Crippen LogP contribution in [0.2, 0.25) is 0 Å². The summed E-state index contributed by atoms with van der Waals surface area (Å²) in [6.45, 7) is 1.78. The molecule has 11 heteroatoms. The fourth-order valence-corrected chi connectivity index (χ4v) is 2.85. The number of hydrogen-bond donors (Lipinski definition) is 7. The standard InChI is InChI=1S/C12H19N9O2/c1-4-5(22)2-6(23-4)21-11-7(9(13)17-3-18-11)8(10(14)19-15)12(21)20-16/h3-6,20,22H,2,15-16H2,1H3,(H2,14,19)(H2,13,17,18)/t4-,5+,6-/m1/s1. The molecule has 1 fully saturated rings. The van der Waals surface area contributed by atoms with Crippen LogP contribution in [0.5, 0.6) is 0 Å². The molecule has 0 saturated carbocycles. The van der Waals surface area contributed by atoms with E-state index in [1.807, 2.05) is 0 Å². The molecular weight excluding hydrogens is 302 g/mol. The summed E-state index contributed by atoms with van der Waals surface area (Å²) in [6, 6.07) is 0. The minimum atomic E-state index is -0.613. The molecule has 0 bridgehead atoms. The molecule has 2 aromatic heterocycles. The molecule has 11 nitrogen and oxygen atoms in total. The first kappa shape index (κ1) is 15.4. The van der Waals surface area contributed by atoms with Crippen molar-refractivity contribution in [2.24, 2.45) is 11.7 Å². The number of hydrazine groups is 2. The zero-order valence-electron chi connectivity index (χ0n) is 12.4. The molecular formula is C12H19N9O2. The summed E-state index contributed by atoms with van der Waals surface area (Å²) < 4.78 is 7.42. The lowest BCUT2D eigenvalue weighted by molar-refractivity contribution is -0.00525. The number of anilines is 2. The van der Waals surface area contributed by atoms with Gasteiger partial charge in [0.1, 0.15) is 35.7 Å². The molecule has 0 aromatic carbocycles. The molecule has 0 amide bonds. The van der Waals surface area contributed by atoms with E-state index in [4.69, 9.17) is 27.6 Å². The Hall–Kier alpha value is -2.47. The molecule has 10 N–H and O–H groups in total. The summed E-state index contributed by atoms with van der Waals surface area (Å²) in [4.78, 5) is 8.19. The van der Waals surface area contributed by atoms with E-state index in [1.54, 1.807) is 11.5 Å². The molecule has 124 valence electrons. The number of nitrogens with one attached hydrogen (secondary N) is 3. The molecule has 0 aliphatic carbocycles. The van der Waals surface area contributed by atoms with Gasteiger partial charge in [0.05, 0.1) is 23.2 Å². The molecule has 1 aliphatic rings. The lowest BCUT2D eigenvalue weighted by Crippen LogP contribution is -2.31. The highest BCUT2D eigenvalue weighted by atomic mass is 16.5. The fraction of sp³-hybridized carbons (Fsp3) is 0.417. The van der Waals surface area contributed by atoms with E-state index < -0.39 is 12.3 Å². The summed E-state index contributed by atoms with van der Waals surface area (Å²) in [6.07, 6.45) is 0.205. The highest BCUT2D eigenvalue weighted by Crippen LogP contribution is 2.39. The summed E-state index contributed by atoms with van der Waals surface area (Å²) in [5.74, 6) is 11.5. The van der Waals surface area contributed by atoms with Gasteiger partial charge in [0.15, 0.2) is 0 Å². The van der Waals surface area contributed by atoms with Gasteiger partial charge >= 0.3 is 0 Å². The maximum absolute atomic E-state index is 9.96. The number of hydrogen-bond acceptors (Lipinski definition) is 9. The maximum atomic E-state index is 9.96. The van der Waals surface area contributed by atoms with Gasteiger partial charge < -0.3 is 26.4 Å². The molecule has 1 aliphatic heterocycles. The summed E-state index contributed by atoms with van der Waals surface area (Å²) >= 11 is 0. The summed E-state index contributed by atoms with van der Waals surface area (Å²) in [5, 5.41) is 18.4. The first-order valence-corrected chi connectivity index (χ1v) is 6.99. The van der Waals surface area contributed by atoms with E-state index in [9.17, 15) is 5.11 Å². The number of amidine groups is 1. The number of aliphatic hydroxyl groups is 1. The van der Waals surface area contributed by atoms with E-state index in [0.29, 0.717) is 28.8 Å². The van der Waals surface area contributed by atoms with Crippen LogP contribution in [0.4, 0.5) is 11.6 Å². The number of ether oxygens (including phenoxy) is 1. The molecule has 1 saturated heterocycles. The van der Waals surface area contributed by atoms with Gasteiger partial charge in [0.25, 0.3) is 0 Å². The van der Waals surface area contributed by atoms with Crippen molar-refractivity contribution in [3.05, 3.63) is 11.9 Å². The van der Waals surface area contributed by atoms with Crippen molar-refractivity contribution in [3.63, 3.8) is 0 Å². The number of nitrogen functional groups attached to an aromatic ring is 2. The van der Waals surface area contributed by atoms with Crippen molar-refractivity contribution >= 4 is 28.5 Å². The smallest absolute Gasteiger partial charge is 0.150 e. The van der Waals surface area contributed by atoms with E-state index in [1.165, 1.54) is 6.33 Å². The van der Waals surface area contributed by atoms with Crippen LogP contribution in [0.25, 0.3) is 11.0 Å². The van der Waals surface area contributed by atoms with Crippen molar-refractivity contribution in [3.8, 4) is 0 Å². The van der Waals surface area contributed by atoms with Gasteiger partial charge in [0, 0.05) is 6.42 Å². The van der Waals surface area contributed by atoms with Crippen LogP contribution in [-0.2, 0) is 4.74 Å². The zero-order valence-corrected chi connectivity index (χ0v) is 12.4. The SMILES string of the molecule is C[C@H]1O[C@@H](n2c(NN)c(C(=N)NN)c3c(N)ncnc32)C[C@@H]1O. The second-order valence-corrected chi connectivity index (χ2v) is 5.31. The van der Waals surface area contributed by atoms with Crippen molar-refractivity contribution in [1.29, 1.82) is 5.41 Å². The number of nitrogens with zero attached hydrogens (tertiary/aromatic N) is 3. The minimum Gasteiger partial charge on any atom is -0.390 e. The van der Waals surface area contributed by atoms with Crippen molar-refractivity contribution in [2.45, 2.75) is 31.8 Å². The zero-order chi connectivity index (χ0) is 16.7. The largest absolute Gasteiger partial charge is 0.390 e. The van der Waals surface area contributed by atoms with E-state index in [0.717, 1.165) is 0 Å². The lowest BCUT2D eigenvalue weighted by Gasteiger charge is -2.17. The molecule has 0 unspecified atom stereocenters. The van der Waals surface area contributed by atoms with Gasteiger partial charge in [-0.3, -0.25) is 9.98 Å². The van der Waals surface area contributed by atoms with Crippen LogP contribution in [0, 0.1) is 5.41 Å². The molecule has 0 radical (unpaired) electrons. The van der Waals surface area contributed by atoms with Crippen molar-refractivity contribution in [2.75, 3.05) is 11.2 Å². The quantitative estimate of drug-likeness (QED) is 0.157. The Labute approximate surface area is 131 Å². The van der Waals surface area contributed by atoms with Crippen LogP contribution >= 0.6 is 0 Å². The first-order chi connectivity index (χ1) is 11.0. The number of aromatic nitrogens is 3. The van der Waals surface area contributed by atoms with Crippen LogP contribution in [-0.4, -0.2) is 37.7 Å². The Morgan fingerprint density at radius 3 is 2.78 bits per heavy atom. The third-order valence-electron chi connectivity index (χ3n) is 3.99. The molecule has 3 atom stereocenters. The molecule has 0 spiro atoms.